The van der Waals surface area contributed by atoms with Crippen molar-refractivity contribution in [3.05, 3.63) is 83.6 Å². The number of hydrogen-bond acceptors (Lipinski definition) is 9. The van der Waals surface area contributed by atoms with E-state index in [0.717, 1.165) is 5.12 Å². The first kappa shape index (κ1) is 45.4. The van der Waals surface area contributed by atoms with Crippen LogP contribution in [0.2, 0.25) is 0 Å². The number of benzene rings is 3. The Morgan fingerprint density at radius 1 is 0.490 bits per heavy atom. The zero-order valence-corrected chi connectivity index (χ0v) is 35.2. The Hall–Kier alpha value is -3.65. The van der Waals surface area contributed by atoms with E-state index in [1.165, 1.54) is 0 Å². The molecule has 0 saturated heterocycles. The number of anilines is 1. The summed E-state index contributed by atoms with van der Waals surface area (Å²) in [6.45, 7) is 23.2. The first-order chi connectivity index (χ1) is 22.3. The van der Waals surface area contributed by atoms with E-state index >= 15 is 0 Å². The molecule has 7 N–H and O–H groups in total. The molecule has 4 rings (SSSR count). The third-order valence-corrected chi connectivity index (χ3v) is 9.06. The van der Waals surface area contributed by atoms with Gasteiger partial charge < -0.3 is 50.9 Å². The number of rotatable bonds is 9. The van der Waals surface area contributed by atoms with Crippen LogP contribution >= 0.6 is 0 Å². The van der Waals surface area contributed by atoms with E-state index in [1.54, 1.807) is 18.2 Å². The summed E-state index contributed by atoms with van der Waals surface area (Å²) in [5, 5.41) is 75.9. The number of nitrogens with one attached hydrogen (secondary N) is 1. The van der Waals surface area contributed by atoms with Crippen molar-refractivity contribution < 1.29 is 56.8 Å². The second-order valence-electron chi connectivity index (χ2n) is 14.7. The zero-order chi connectivity index (χ0) is 36.1. The number of hydrazone groups is 1. The zero-order valence-electron chi connectivity index (χ0n) is 32.8. The molecule has 1 radical (unpaired) electrons. The largest absolute Gasteiger partial charge is 3.00 e. The number of aromatic hydroxyl groups is 6. The molecule has 0 amide bonds. The summed E-state index contributed by atoms with van der Waals surface area (Å²) < 4.78 is 0. The predicted octanol–water partition coefficient (Wildman–Crippen LogP) is 10.1. The minimum absolute atomic E-state index is 0. The molecule has 0 aromatic heterocycles. The fourth-order valence-corrected chi connectivity index (χ4v) is 6.14. The van der Waals surface area contributed by atoms with Crippen molar-refractivity contribution in [3.8, 4) is 34.5 Å². The Labute approximate surface area is 324 Å². The smallest absolute Gasteiger partial charge is 0.520 e. The normalized spacial score (nSPS) is 12.9. The van der Waals surface area contributed by atoms with Gasteiger partial charge in [0, 0.05) is 0 Å². The maximum atomic E-state index is 11.7. The Morgan fingerprint density at radius 3 is 1.06 bits per heavy atom. The van der Waals surface area contributed by atoms with Crippen molar-refractivity contribution in [2.75, 3.05) is 5.12 Å². The van der Waals surface area contributed by atoms with Gasteiger partial charge in [0.1, 0.15) is 11.5 Å². The summed E-state index contributed by atoms with van der Waals surface area (Å²) in [6, 6.07) is 5.35. The van der Waals surface area contributed by atoms with Crippen LogP contribution in [0.3, 0.4) is 0 Å². The van der Waals surface area contributed by atoms with Gasteiger partial charge in [-0.05, 0) is 97.5 Å². The van der Waals surface area contributed by atoms with Crippen LogP contribution in [-0.4, -0.2) is 36.4 Å². The molecule has 3 aromatic rings. The molecule has 0 spiro atoms. The first-order valence-electron chi connectivity index (χ1n) is 16.9. The molecule has 10 heteroatoms. The van der Waals surface area contributed by atoms with Gasteiger partial charge in [0.25, 0.3) is 0 Å². The topological polar surface area (TPSA) is 149 Å². The first-order valence-corrected chi connectivity index (χ1v) is 16.9. The molecule has 3 aromatic carbocycles. The molecule has 9 nitrogen and oxygen atoms in total. The van der Waals surface area contributed by atoms with E-state index in [-0.39, 0.29) is 139 Å². The molecule has 0 saturated carbocycles. The van der Waals surface area contributed by atoms with E-state index in [9.17, 15) is 30.6 Å². The Kier molecular flexibility index (Phi) is 15.3. The van der Waals surface area contributed by atoms with Crippen molar-refractivity contribution in [2.24, 2.45) is 5.10 Å². The van der Waals surface area contributed by atoms with Crippen LogP contribution in [0, 0.1) is 20.9 Å². The van der Waals surface area contributed by atoms with E-state index < -0.39 is 0 Å². The third-order valence-electron chi connectivity index (χ3n) is 9.06. The maximum absolute atomic E-state index is 11.7. The quantitative estimate of drug-likeness (QED) is 0.106. The summed E-state index contributed by atoms with van der Waals surface area (Å²) >= 11 is 0. The summed E-state index contributed by atoms with van der Waals surface area (Å²) in [4.78, 5) is 0. The second kappa shape index (κ2) is 17.2. The monoisotopic (exact) mass is 778 g/mol. The average Bonchev–Trinajstić information content (AvgIpc) is 2.96. The van der Waals surface area contributed by atoms with E-state index in [2.05, 4.69) is 11.5 Å². The molecule has 1 aliphatic heterocycles. The number of hydrogen-bond donors (Lipinski definition) is 7. The van der Waals surface area contributed by atoms with E-state index in [1.807, 2.05) is 83.1 Å². The van der Waals surface area contributed by atoms with Crippen molar-refractivity contribution in [1.29, 1.82) is 0 Å². The van der Waals surface area contributed by atoms with Crippen LogP contribution in [0.5, 0.6) is 34.5 Å². The van der Waals surface area contributed by atoms with Crippen LogP contribution in [0.25, 0.3) is 5.70 Å². The molecule has 0 fully saturated rings. The van der Waals surface area contributed by atoms with Gasteiger partial charge in [0.15, 0.2) is 5.69 Å². The Balaban J connectivity index is 0.00000433. The molecule has 277 valence electrons. The second-order valence-corrected chi connectivity index (χ2v) is 14.7. The van der Waals surface area contributed by atoms with E-state index in [4.69, 9.17) is 5.10 Å². The Morgan fingerprint density at radius 2 is 0.765 bits per heavy atom. The molecule has 0 bridgehead atoms. The molecule has 51 heavy (non-hydrogen) atoms. The molecule has 0 aliphatic carbocycles. The van der Waals surface area contributed by atoms with Crippen molar-refractivity contribution >= 4 is 17.1 Å². The van der Waals surface area contributed by atoms with Crippen LogP contribution in [0.15, 0.2) is 23.3 Å². The standard InChI is InChI=1S/C39H52N3O6.2CH3.Zr/c1-17(2)23-13-24(18(3)4)35(44)31(34(23)43)29-16-30(32-36(45)25(19(5)6)14-26(20(7)8)37(32)46)41-42(40-29)33-38(47)27(21(9)10)15-28(22(11)12)39(33)48;;;/h13-15,17-22,40,43-48H,1-12H3;2*1H3;/q3*-1;+3. The van der Waals surface area contributed by atoms with Crippen LogP contribution in [-0.2, 0) is 26.2 Å². The minimum atomic E-state index is -0.219. The third kappa shape index (κ3) is 8.37. The molecule has 0 unspecified atom stereocenters. The predicted molar refractivity (Wildman–Crippen MR) is 205 cm³/mol. The van der Waals surface area contributed by atoms with E-state index in [0.29, 0.717) is 33.4 Å². The summed E-state index contributed by atoms with van der Waals surface area (Å²) in [5.74, 6) is -1.87. The summed E-state index contributed by atoms with van der Waals surface area (Å²) in [6.07, 6.45) is 3.14. The fraction of sp³-hybridized carbons (Fsp3) is 0.439. The number of phenolic OH excluding ortho intramolecular Hbond substituents is 6. The molecular weight excluding hydrogens is 722 g/mol. The van der Waals surface area contributed by atoms with Gasteiger partial charge in [-0.1, -0.05) is 95.2 Å². The Bertz CT molecular complexity index is 1690. The number of nitrogens with zero attached hydrogens (tertiary/aromatic N) is 2. The SMILES string of the molecule is CC(C)c1cc(C(C)C)c(O)c(C2=[C-]C(c3c(O)c(C(C)C)cc(C(C)C)c3O)=NN(c3c(O)c(C(C)C)cc(C(C)C)c3O)N2)c1O.[CH3-].[CH3-].[Zr+3]. The van der Waals surface area contributed by atoms with Gasteiger partial charge in [0.05, 0.1) is 23.0 Å². The minimum Gasteiger partial charge on any atom is -0.520 e. The number of phenols is 6. The van der Waals surface area contributed by atoms with Crippen molar-refractivity contribution in [1.82, 2.24) is 5.43 Å². The molecule has 1 aliphatic rings. The van der Waals surface area contributed by atoms with Gasteiger partial charge in [-0.15, -0.1) is 6.08 Å². The van der Waals surface area contributed by atoms with Gasteiger partial charge in [-0.3, -0.25) is 0 Å². The molecule has 0 atom stereocenters. The molecule has 1 heterocycles. The van der Waals surface area contributed by atoms with Crippen molar-refractivity contribution in [3.63, 3.8) is 0 Å². The maximum Gasteiger partial charge on any atom is 3.00 e. The number of allylic oxidation sites excluding steroid dienone is 1. The van der Waals surface area contributed by atoms with Gasteiger partial charge >= 0.3 is 26.2 Å². The van der Waals surface area contributed by atoms with Gasteiger partial charge in [0.2, 0.25) is 0 Å². The van der Waals surface area contributed by atoms with Crippen LogP contribution < -0.4 is 10.5 Å². The fourth-order valence-electron chi connectivity index (χ4n) is 6.14. The number of hydrazine groups is 1. The van der Waals surface area contributed by atoms with Crippen molar-refractivity contribution in [2.45, 2.75) is 119 Å². The van der Waals surface area contributed by atoms with Gasteiger partial charge in [-0.25, -0.2) is 0 Å². The van der Waals surface area contributed by atoms with Gasteiger partial charge in [-0.2, -0.15) is 10.2 Å². The summed E-state index contributed by atoms with van der Waals surface area (Å²) in [5.41, 5.74) is 6.60. The van der Waals surface area contributed by atoms with Crippen LogP contribution in [0.1, 0.15) is 163 Å². The van der Waals surface area contributed by atoms with Crippen LogP contribution in [0.4, 0.5) is 5.69 Å². The molecular formula is C41H58N3O6Zr. The summed E-state index contributed by atoms with van der Waals surface area (Å²) in [7, 11) is 0. The average molecular weight is 780 g/mol.